The van der Waals surface area contributed by atoms with E-state index in [9.17, 15) is 4.79 Å². The van der Waals surface area contributed by atoms with Gasteiger partial charge in [-0.25, -0.2) is 4.98 Å². The average molecular weight is 294 g/mol. The number of carboxylic acid groups (broad SMARTS) is 1. The molecule has 1 N–H and O–H groups in total. The van der Waals surface area contributed by atoms with E-state index in [0.29, 0.717) is 19.9 Å². The van der Waals surface area contributed by atoms with Gasteiger partial charge in [-0.3, -0.25) is 4.79 Å². The molecule has 2 rings (SSSR count). The van der Waals surface area contributed by atoms with E-state index in [4.69, 9.17) is 28.3 Å². The monoisotopic (exact) mass is 293 g/mol. The summed E-state index contributed by atoms with van der Waals surface area (Å²) in [6.45, 7) is 0. The van der Waals surface area contributed by atoms with Crippen molar-refractivity contribution in [2.75, 3.05) is 5.75 Å². The second-order valence-corrected chi connectivity index (χ2v) is 5.96. The lowest BCUT2D eigenvalue weighted by atomic mass is 10.3. The summed E-state index contributed by atoms with van der Waals surface area (Å²) < 4.78 is 1.51. The summed E-state index contributed by atoms with van der Waals surface area (Å²) in [5.41, 5.74) is 0.704. The van der Waals surface area contributed by atoms with Crippen molar-refractivity contribution in [1.82, 2.24) is 4.98 Å². The number of carboxylic acids is 1. The van der Waals surface area contributed by atoms with Crippen molar-refractivity contribution in [3.8, 4) is 0 Å². The SMILES string of the molecule is O=C(O)CSc1nc2cc(Cl)cc(Cl)c2s1. The maximum Gasteiger partial charge on any atom is 0.313 e. The Morgan fingerprint density at radius 2 is 2.25 bits per heavy atom. The summed E-state index contributed by atoms with van der Waals surface area (Å²) >= 11 is 14.4. The van der Waals surface area contributed by atoms with E-state index in [2.05, 4.69) is 4.98 Å². The highest BCUT2D eigenvalue weighted by Crippen LogP contribution is 2.35. The third-order valence-corrected chi connectivity index (χ3v) is 4.57. The number of aromatic nitrogens is 1. The van der Waals surface area contributed by atoms with Crippen molar-refractivity contribution < 1.29 is 9.90 Å². The number of thioether (sulfide) groups is 1. The van der Waals surface area contributed by atoms with Crippen molar-refractivity contribution in [1.29, 1.82) is 0 Å². The average Bonchev–Trinajstić information content (AvgIpc) is 2.57. The molecule has 0 saturated carbocycles. The number of rotatable bonds is 3. The van der Waals surface area contributed by atoms with Crippen LogP contribution < -0.4 is 0 Å². The minimum atomic E-state index is -0.867. The predicted octanol–water partition coefficient (Wildman–Crippen LogP) is 3.78. The van der Waals surface area contributed by atoms with Gasteiger partial charge in [-0.2, -0.15) is 0 Å². The van der Waals surface area contributed by atoms with Crippen molar-refractivity contribution >= 4 is 62.5 Å². The van der Waals surface area contributed by atoms with E-state index in [1.54, 1.807) is 12.1 Å². The first-order valence-electron chi connectivity index (χ1n) is 4.16. The standard InChI is InChI=1S/C9H5Cl2NO2S2/c10-4-1-5(11)8-6(2-4)12-9(16-8)15-3-7(13)14/h1-2H,3H2,(H,13,14). The summed E-state index contributed by atoms with van der Waals surface area (Å²) in [7, 11) is 0. The fourth-order valence-corrected chi connectivity index (χ4v) is 3.48. The van der Waals surface area contributed by atoms with E-state index in [-0.39, 0.29) is 5.75 Å². The van der Waals surface area contributed by atoms with Crippen molar-refractivity contribution in [3.05, 3.63) is 22.2 Å². The molecule has 1 aromatic carbocycles. The van der Waals surface area contributed by atoms with E-state index in [1.165, 1.54) is 23.1 Å². The molecule has 0 radical (unpaired) electrons. The number of nitrogens with zero attached hydrogens (tertiary/aromatic N) is 1. The highest BCUT2D eigenvalue weighted by atomic mass is 35.5. The number of aliphatic carboxylic acids is 1. The maximum atomic E-state index is 10.4. The Kier molecular flexibility index (Phi) is 3.59. The summed E-state index contributed by atoms with van der Waals surface area (Å²) in [4.78, 5) is 14.7. The fraction of sp³-hybridized carbons (Fsp3) is 0.111. The highest BCUT2D eigenvalue weighted by Gasteiger charge is 2.10. The normalized spacial score (nSPS) is 10.9. The van der Waals surface area contributed by atoms with Crippen LogP contribution in [0, 0.1) is 0 Å². The van der Waals surface area contributed by atoms with Crippen LogP contribution in [0.1, 0.15) is 0 Å². The van der Waals surface area contributed by atoms with Gasteiger partial charge in [0.15, 0.2) is 4.34 Å². The molecule has 7 heteroatoms. The molecule has 16 heavy (non-hydrogen) atoms. The molecule has 0 aliphatic rings. The Morgan fingerprint density at radius 1 is 1.50 bits per heavy atom. The van der Waals surface area contributed by atoms with Crippen LogP contribution in [0.5, 0.6) is 0 Å². The molecule has 0 atom stereocenters. The molecule has 0 fully saturated rings. The quantitative estimate of drug-likeness (QED) is 0.875. The third kappa shape index (κ3) is 2.60. The van der Waals surface area contributed by atoms with E-state index >= 15 is 0 Å². The molecule has 84 valence electrons. The van der Waals surface area contributed by atoms with Gasteiger partial charge >= 0.3 is 5.97 Å². The first kappa shape index (κ1) is 12.0. The molecule has 2 aromatic rings. The Morgan fingerprint density at radius 3 is 2.94 bits per heavy atom. The second-order valence-electron chi connectivity index (χ2n) is 2.90. The fourth-order valence-electron chi connectivity index (χ4n) is 1.12. The third-order valence-electron chi connectivity index (χ3n) is 1.71. The van der Waals surface area contributed by atoms with E-state index in [0.717, 1.165) is 4.70 Å². The zero-order chi connectivity index (χ0) is 11.7. The number of fused-ring (bicyclic) bond motifs is 1. The van der Waals surface area contributed by atoms with Crippen LogP contribution in [0.2, 0.25) is 10.0 Å². The summed E-state index contributed by atoms with van der Waals surface area (Å²) in [6, 6.07) is 3.36. The van der Waals surface area contributed by atoms with Gasteiger partial charge < -0.3 is 5.11 Å². The number of hydrogen-bond donors (Lipinski definition) is 1. The molecule has 0 aliphatic heterocycles. The van der Waals surface area contributed by atoms with Crippen molar-refractivity contribution in [3.63, 3.8) is 0 Å². The second kappa shape index (κ2) is 4.79. The number of carbonyl (C=O) groups is 1. The molecule has 3 nitrogen and oxygen atoms in total. The Bertz CT molecular complexity index is 556. The lowest BCUT2D eigenvalue weighted by Crippen LogP contribution is -1.96. The number of halogens is 2. The smallest absolute Gasteiger partial charge is 0.313 e. The van der Waals surface area contributed by atoms with E-state index in [1.807, 2.05) is 0 Å². The zero-order valence-electron chi connectivity index (χ0n) is 7.74. The van der Waals surface area contributed by atoms with Crippen LogP contribution in [0.25, 0.3) is 10.2 Å². The van der Waals surface area contributed by atoms with Gasteiger partial charge in [0.1, 0.15) is 0 Å². The van der Waals surface area contributed by atoms with Gasteiger partial charge in [-0.05, 0) is 12.1 Å². The Balaban J connectivity index is 2.36. The Hall–Kier alpha value is -0.490. The van der Waals surface area contributed by atoms with Crippen LogP contribution >= 0.6 is 46.3 Å². The summed E-state index contributed by atoms with van der Waals surface area (Å²) in [6.07, 6.45) is 0. The van der Waals surface area contributed by atoms with Gasteiger partial charge in [0.25, 0.3) is 0 Å². The minimum absolute atomic E-state index is 0.00876. The molecule has 1 aromatic heterocycles. The van der Waals surface area contributed by atoms with Gasteiger partial charge in [-0.15, -0.1) is 11.3 Å². The number of benzene rings is 1. The van der Waals surface area contributed by atoms with Crippen LogP contribution in [-0.4, -0.2) is 21.8 Å². The first-order chi connectivity index (χ1) is 7.56. The molecule has 0 unspecified atom stereocenters. The summed E-state index contributed by atoms with van der Waals surface area (Å²) in [5.74, 6) is -0.876. The Labute approximate surface area is 109 Å². The van der Waals surface area contributed by atoms with Crippen molar-refractivity contribution in [2.45, 2.75) is 4.34 Å². The van der Waals surface area contributed by atoms with Crippen LogP contribution in [0.3, 0.4) is 0 Å². The van der Waals surface area contributed by atoms with Crippen LogP contribution in [-0.2, 0) is 4.79 Å². The lowest BCUT2D eigenvalue weighted by molar-refractivity contribution is -0.133. The van der Waals surface area contributed by atoms with Gasteiger partial charge in [-0.1, -0.05) is 35.0 Å². The van der Waals surface area contributed by atoms with Crippen LogP contribution in [0.4, 0.5) is 0 Å². The molecule has 0 spiro atoms. The molecule has 0 bridgehead atoms. The molecule has 0 aliphatic carbocycles. The highest BCUT2D eigenvalue weighted by molar-refractivity contribution is 8.01. The zero-order valence-corrected chi connectivity index (χ0v) is 10.9. The van der Waals surface area contributed by atoms with Crippen LogP contribution in [0.15, 0.2) is 16.5 Å². The first-order valence-corrected chi connectivity index (χ1v) is 6.72. The largest absolute Gasteiger partial charge is 0.481 e. The van der Waals surface area contributed by atoms with Gasteiger partial charge in [0.05, 0.1) is 21.0 Å². The number of thiazole rings is 1. The molecule has 1 heterocycles. The molecule has 0 saturated heterocycles. The van der Waals surface area contributed by atoms with Crippen molar-refractivity contribution in [2.24, 2.45) is 0 Å². The lowest BCUT2D eigenvalue weighted by Gasteiger charge is -1.92. The molecular formula is C9H5Cl2NO2S2. The topological polar surface area (TPSA) is 50.2 Å². The van der Waals surface area contributed by atoms with Gasteiger partial charge in [0.2, 0.25) is 0 Å². The van der Waals surface area contributed by atoms with E-state index < -0.39 is 5.97 Å². The minimum Gasteiger partial charge on any atom is -0.481 e. The maximum absolute atomic E-state index is 10.4. The molecular weight excluding hydrogens is 289 g/mol. The predicted molar refractivity (Wildman–Crippen MR) is 68.0 cm³/mol. The number of hydrogen-bond acceptors (Lipinski definition) is 4. The molecule has 0 amide bonds. The summed E-state index contributed by atoms with van der Waals surface area (Å²) in [5, 5.41) is 9.63. The van der Waals surface area contributed by atoms with Gasteiger partial charge in [0, 0.05) is 5.02 Å².